The molecule has 1 aliphatic carbocycles. The highest BCUT2D eigenvalue weighted by atomic mass is 79.9. The van der Waals surface area contributed by atoms with E-state index < -0.39 is 11.4 Å². The molecule has 1 amide bonds. The molecule has 5 heteroatoms. The summed E-state index contributed by atoms with van der Waals surface area (Å²) in [5.41, 5.74) is -0.506. The lowest BCUT2D eigenvalue weighted by Crippen LogP contribution is -2.49. The van der Waals surface area contributed by atoms with Gasteiger partial charge in [0, 0.05) is 7.05 Å². The van der Waals surface area contributed by atoms with Crippen molar-refractivity contribution in [3.8, 4) is 6.07 Å². The Hall–Kier alpha value is -1.41. The lowest BCUT2D eigenvalue weighted by molar-refractivity contribution is 0.0587. The van der Waals surface area contributed by atoms with Crippen LogP contribution in [-0.4, -0.2) is 23.4 Å². The van der Waals surface area contributed by atoms with Crippen LogP contribution in [0.15, 0.2) is 22.7 Å². The zero-order valence-electron chi connectivity index (χ0n) is 11.3. The maximum Gasteiger partial charge on any atom is 0.256 e. The van der Waals surface area contributed by atoms with Crippen LogP contribution in [0.5, 0.6) is 0 Å². The highest BCUT2D eigenvalue weighted by molar-refractivity contribution is 9.10. The topological polar surface area (TPSA) is 44.1 Å². The van der Waals surface area contributed by atoms with Gasteiger partial charge >= 0.3 is 0 Å². The third-order valence-electron chi connectivity index (χ3n) is 4.02. The summed E-state index contributed by atoms with van der Waals surface area (Å²) in [4.78, 5) is 14.0. The van der Waals surface area contributed by atoms with Gasteiger partial charge in [-0.15, -0.1) is 0 Å². The second-order valence-electron chi connectivity index (χ2n) is 5.17. The van der Waals surface area contributed by atoms with Crippen LogP contribution in [-0.2, 0) is 0 Å². The summed E-state index contributed by atoms with van der Waals surface area (Å²) in [5, 5.41) is 9.50. The molecule has 0 atom stereocenters. The Balaban J connectivity index is 2.32. The first-order valence-electron chi connectivity index (χ1n) is 6.65. The van der Waals surface area contributed by atoms with Crippen LogP contribution < -0.4 is 0 Å². The summed E-state index contributed by atoms with van der Waals surface area (Å²) < 4.78 is 13.7. The van der Waals surface area contributed by atoms with Gasteiger partial charge in [-0.2, -0.15) is 5.26 Å². The van der Waals surface area contributed by atoms with Gasteiger partial charge in [0.25, 0.3) is 5.91 Å². The van der Waals surface area contributed by atoms with Crippen molar-refractivity contribution in [2.24, 2.45) is 0 Å². The average Bonchev–Trinajstić information content (AvgIpc) is 2.49. The molecule has 1 fully saturated rings. The largest absolute Gasteiger partial charge is 0.323 e. The Morgan fingerprint density at radius 2 is 2.05 bits per heavy atom. The summed E-state index contributed by atoms with van der Waals surface area (Å²) in [7, 11) is 1.63. The van der Waals surface area contributed by atoms with Gasteiger partial charge in [0.05, 0.1) is 16.1 Å². The Morgan fingerprint density at radius 1 is 1.40 bits per heavy atom. The van der Waals surface area contributed by atoms with Crippen molar-refractivity contribution in [2.75, 3.05) is 7.05 Å². The number of nitriles is 1. The van der Waals surface area contributed by atoms with E-state index >= 15 is 0 Å². The van der Waals surface area contributed by atoms with Crippen LogP contribution in [0.2, 0.25) is 0 Å². The van der Waals surface area contributed by atoms with Gasteiger partial charge in [0.1, 0.15) is 11.4 Å². The van der Waals surface area contributed by atoms with E-state index in [0.29, 0.717) is 12.8 Å². The standard InChI is InChI=1S/C15H16BrFN2O/c1-19(15(10-18)8-3-2-4-9-15)14(20)11-6-5-7-12(17)13(11)16/h5-7H,2-4,8-9H2,1H3. The van der Waals surface area contributed by atoms with Crippen LogP contribution in [0.1, 0.15) is 42.5 Å². The van der Waals surface area contributed by atoms with Gasteiger partial charge in [-0.3, -0.25) is 4.79 Å². The normalized spacial score (nSPS) is 17.3. The molecule has 0 saturated heterocycles. The molecule has 0 aromatic heterocycles. The minimum atomic E-state index is -0.763. The number of hydrogen-bond acceptors (Lipinski definition) is 2. The van der Waals surface area contributed by atoms with Crippen molar-refractivity contribution in [3.05, 3.63) is 34.1 Å². The molecule has 0 unspecified atom stereocenters. The number of rotatable bonds is 2. The van der Waals surface area contributed by atoms with Gasteiger partial charge < -0.3 is 4.90 Å². The van der Waals surface area contributed by atoms with E-state index in [1.54, 1.807) is 13.1 Å². The van der Waals surface area contributed by atoms with Crippen LogP contribution in [0.25, 0.3) is 0 Å². The predicted octanol–water partition coefficient (Wildman–Crippen LogP) is 3.89. The summed E-state index contributed by atoms with van der Waals surface area (Å²) in [6.45, 7) is 0. The van der Waals surface area contributed by atoms with Gasteiger partial charge in [0.15, 0.2) is 0 Å². The van der Waals surface area contributed by atoms with E-state index in [1.807, 2.05) is 0 Å². The van der Waals surface area contributed by atoms with E-state index in [1.165, 1.54) is 17.0 Å². The highest BCUT2D eigenvalue weighted by Gasteiger charge is 2.39. The maximum absolute atomic E-state index is 13.5. The fraction of sp³-hybridized carbons (Fsp3) is 0.467. The molecule has 1 aromatic carbocycles. The fourth-order valence-electron chi connectivity index (χ4n) is 2.70. The number of hydrogen-bond donors (Lipinski definition) is 0. The van der Waals surface area contributed by atoms with Crippen molar-refractivity contribution in [1.82, 2.24) is 4.90 Å². The van der Waals surface area contributed by atoms with Crippen molar-refractivity contribution >= 4 is 21.8 Å². The third-order valence-corrected chi connectivity index (χ3v) is 4.82. The number of carbonyl (C=O) groups is 1. The molecule has 0 aliphatic heterocycles. The van der Waals surface area contributed by atoms with Crippen LogP contribution in [0.3, 0.4) is 0 Å². The fourth-order valence-corrected chi connectivity index (χ4v) is 3.14. The average molecular weight is 339 g/mol. The van der Waals surface area contributed by atoms with Gasteiger partial charge in [-0.05, 0) is 40.9 Å². The minimum absolute atomic E-state index is 0.153. The van der Waals surface area contributed by atoms with Crippen molar-refractivity contribution in [3.63, 3.8) is 0 Å². The number of halogens is 2. The molecule has 0 radical (unpaired) electrons. The first kappa shape index (κ1) is 15.0. The second kappa shape index (κ2) is 5.92. The van der Waals surface area contributed by atoms with E-state index in [4.69, 9.17) is 0 Å². The monoisotopic (exact) mass is 338 g/mol. The number of nitrogens with zero attached hydrogens (tertiary/aromatic N) is 2. The lowest BCUT2D eigenvalue weighted by atomic mass is 9.81. The smallest absolute Gasteiger partial charge is 0.256 e. The summed E-state index contributed by atoms with van der Waals surface area (Å²) >= 11 is 3.11. The Kier molecular flexibility index (Phi) is 4.44. The van der Waals surface area contributed by atoms with Gasteiger partial charge in [-0.25, -0.2) is 4.39 Å². The zero-order valence-corrected chi connectivity index (χ0v) is 12.9. The number of carbonyl (C=O) groups excluding carboxylic acids is 1. The first-order chi connectivity index (χ1) is 9.52. The molecule has 0 N–H and O–H groups in total. The van der Waals surface area contributed by atoms with Crippen LogP contribution in [0.4, 0.5) is 4.39 Å². The molecule has 1 aromatic rings. The molecule has 0 spiro atoms. The quantitative estimate of drug-likeness (QED) is 0.821. The molecule has 1 aliphatic rings. The zero-order chi connectivity index (χ0) is 14.8. The second-order valence-corrected chi connectivity index (χ2v) is 5.96. The van der Waals surface area contributed by atoms with E-state index in [2.05, 4.69) is 22.0 Å². The molecule has 1 saturated carbocycles. The molecular weight excluding hydrogens is 323 g/mol. The predicted molar refractivity (Wildman–Crippen MR) is 77.6 cm³/mol. The first-order valence-corrected chi connectivity index (χ1v) is 7.44. The molecule has 0 heterocycles. The van der Waals surface area contributed by atoms with Gasteiger partial charge in [0.2, 0.25) is 0 Å². The Morgan fingerprint density at radius 3 is 2.65 bits per heavy atom. The van der Waals surface area contributed by atoms with Crippen LogP contribution in [0, 0.1) is 17.1 Å². The lowest BCUT2D eigenvalue weighted by Gasteiger charge is -2.39. The SMILES string of the molecule is CN(C(=O)c1cccc(F)c1Br)C1(C#N)CCCCC1. The summed E-state index contributed by atoms with van der Waals surface area (Å²) in [6.07, 6.45) is 4.33. The van der Waals surface area contributed by atoms with E-state index in [0.717, 1.165) is 19.3 Å². The van der Waals surface area contributed by atoms with Crippen molar-refractivity contribution in [2.45, 2.75) is 37.6 Å². The van der Waals surface area contributed by atoms with Crippen molar-refractivity contribution in [1.29, 1.82) is 5.26 Å². The Bertz CT molecular complexity index is 561. The highest BCUT2D eigenvalue weighted by Crippen LogP contribution is 2.34. The molecule has 0 bridgehead atoms. The van der Waals surface area contributed by atoms with Crippen LogP contribution >= 0.6 is 15.9 Å². The van der Waals surface area contributed by atoms with Crippen molar-refractivity contribution < 1.29 is 9.18 Å². The maximum atomic E-state index is 13.5. The van der Waals surface area contributed by atoms with E-state index in [-0.39, 0.29) is 15.9 Å². The molecule has 3 nitrogen and oxygen atoms in total. The minimum Gasteiger partial charge on any atom is -0.323 e. The van der Waals surface area contributed by atoms with Gasteiger partial charge in [-0.1, -0.05) is 25.3 Å². The summed E-state index contributed by atoms with van der Waals surface area (Å²) in [6, 6.07) is 6.66. The molecule has 106 valence electrons. The molecular formula is C15H16BrFN2O. The molecule has 2 rings (SSSR count). The number of benzene rings is 1. The number of amides is 1. The summed E-state index contributed by atoms with van der Waals surface area (Å²) in [5.74, 6) is -0.793. The van der Waals surface area contributed by atoms with E-state index in [9.17, 15) is 14.4 Å². The molecule has 20 heavy (non-hydrogen) atoms. The third kappa shape index (κ3) is 2.57. The Labute approximate surface area is 126 Å².